The van der Waals surface area contributed by atoms with Gasteiger partial charge in [0.25, 0.3) is 0 Å². The van der Waals surface area contributed by atoms with E-state index in [4.69, 9.17) is 11.5 Å². The van der Waals surface area contributed by atoms with E-state index in [1.54, 1.807) is 0 Å². The van der Waals surface area contributed by atoms with Crippen molar-refractivity contribution in [1.29, 1.82) is 0 Å². The molecule has 0 bridgehead atoms. The molecule has 2 heteroatoms. The molecular formula is C9H22N2. The Labute approximate surface area is 70.3 Å². The summed E-state index contributed by atoms with van der Waals surface area (Å²) in [5.74, 6) is 0.707. The van der Waals surface area contributed by atoms with Crippen molar-refractivity contribution >= 4 is 0 Å². The predicted octanol–water partition coefficient (Wildman–Crippen LogP) is 1.35. The van der Waals surface area contributed by atoms with E-state index in [9.17, 15) is 0 Å². The number of hydrogen-bond acceptors (Lipinski definition) is 2. The third-order valence-electron chi connectivity index (χ3n) is 2.11. The van der Waals surface area contributed by atoms with Gasteiger partial charge in [-0.3, -0.25) is 0 Å². The van der Waals surface area contributed by atoms with Gasteiger partial charge in [-0.05, 0) is 37.3 Å². The van der Waals surface area contributed by atoms with Crippen molar-refractivity contribution < 1.29 is 0 Å². The Morgan fingerprint density at radius 2 is 1.82 bits per heavy atom. The maximum absolute atomic E-state index is 5.62. The van der Waals surface area contributed by atoms with Crippen molar-refractivity contribution in [2.45, 2.75) is 33.6 Å². The lowest BCUT2D eigenvalue weighted by Crippen LogP contribution is -2.26. The Balaban J connectivity index is 3.64. The molecule has 0 aromatic rings. The minimum absolute atomic E-state index is 0.286. The zero-order chi connectivity index (χ0) is 8.91. The van der Waals surface area contributed by atoms with Crippen molar-refractivity contribution in [3.8, 4) is 0 Å². The average molecular weight is 158 g/mol. The number of nitrogens with two attached hydrogens (primary N) is 2. The fourth-order valence-electron chi connectivity index (χ4n) is 1.41. The van der Waals surface area contributed by atoms with E-state index in [-0.39, 0.29) is 5.41 Å². The predicted molar refractivity (Wildman–Crippen MR) is 50.3 cm³/mol. The van der Waals surface area contributed by atoms with E-state index in [1.165, 1.54) is 6.42 Å². The van der Waals surface area contributed by atoms with Gasteiger partial charge in [0.05, 0.1) is 0 Å². The molecule has 2 nitrogen and oxygen atoms in total. The normalized spacial score (nSPS) is 15.0. The summed E-state index contributed by atoms with van der Waals surface area (Å²) in [5.41, 5.74) is 11.4. The zero-order valence-electron chi connectivity index (χ0n) is 8.06. The second kappa shape index (κ2) is 4.73. The average Bonchev–Trinajstić information content (AvgIpc) is 1.87. The first kappa shape index (κ1) is 10.9. The van der Waals surface area contributed by atoms with E-state index < -0.39 is 0 Å². The van der Waals surface area contributed by atoms with Gasteiger partial charge in [0.15, 0.2) is 0 Å². The second-order valence-electron chi connectivity index (χ2n) is 4.25. The highest BCUT2D eigenvalue weighted by atomic mass is 14.6. The second-order valence-corrected chi connectivity index (χ2v) is 4.25. The summed E-state index contributed by atoms with van der Waals surface area (Å²) in [5, 5.41) is 0. The third-order valence-corrected chi connectivity index (χ3v) is 2.11. The van der Waals surface area contributed by atoms with Gasteiger partial charge < -0.3 is 11.5 Å². The van der Waals surface area contributed by atoms with Crippen molar-refractivity contribution in [3.63, 3.8) is 0 Å². The molecule has 0 aromatic heterocycles. The van der Waals surface area contributed by atoms with Crippen LogP contribution in [0.1, 0.15) is 33.6 Å². The Morgan fingerprint density at radius 1 is 1.27 bits per heavy atom. The van der Waals surface area contributed by atoms with Crippen LogP contribution in [0.15, 0.2) is 0 Å². The number of rotatable bonds is 5. The van der Waals surface area contributed by atoms with Crippen LogP contribution in [0.5, 0.6) is 0 Å². The maximum atomic E-state index is 5.62. The maximum Gasteiger partial charge on any atom is -0.00257 e. The molecule has 0 fully saturated rings. The fraction of sp³-hybridized carbons (Fsp3) is 1.00. The van der Waals surface area contributed by atoms with Gasteiger partial charge >= 0.3 is 0 Å². The molecule has 0 saturated carbocycles. The minimum Gasteiger partial charge on any atom is -0.330 e. The largest absolute Gasteiger partial charge is 0.330 e. The lowest BCUT2D eigenvalue weighted by Gasteiger charge is -2.25. The van der Waals surface area contributed by atoms with Crippen LogP contribution in [0.3, 0.4) is 0 Å². The molecule has 0 spiro atoms. The lowest BCUT2D eigenvalue weighted by molar-refractivity contribution is 0.279. The van der Waals surface area contributed by atoms with Gasteiger partial charge in [-0.25, -0.2) is 0 Å². The summed E-state index contributed by atoms with van der Waals surface area (Å²) < 4.78 is 0. The van der Waals surface area contributed by atoms with Crippen LogP contribution < -0.4 is 11.5 Å². The fourth-order valence-corrected chi connectivity index (χ4v) is 1.41. The van der Waals surface area contributed by atoms with Crippen LogP contribution >= 0.6 is 0 Å². The third kappa shape index (κ3) is 5.22. The van der Waals surface area contributed by atoms with Crippen LogP contribution in [0.25, 0.3) is 0 Å². The van der Waals surface area contributed by atoms with Crippen molar-refractivity contribution in [3.05, 3.63) is 0 Å². The van der Waals surface area contributed by atoms with Crippen LogP contribution in [-0.2, 0) is 0 Å². The van der Waals surface area contributed by atoms with E-state index >= 15 is 0 Å². The van der Waals surface area contributed by atoms with Gasteiger partial charge in [0, 0.05) is 0 Å². The molecule has 0 aliphatic carbocycles. The molecule has 0 amide bonds. The molecule has 4 N–H and O–H groups in total. The number of hydrogen-bond donors (Lipinski definition) is 2. The van der Waals surface area contributed by atoms with Crippen LogP contribution in [-0.4, -0.2) is 13.1 Å². The van der Waals surface area contributed by atoms with Gasteiger partial charge in [-0.15, -0.1) is 0 Å². The SMILES string of the molecule is C[C@H](CCN)CC(C)(C)CN. The molecule has 68 valence electrons. The van der Waals surface area contributed by atoms with Gasteiger partial charge in [0.1, 0.15) is 0 Å². The highest BCUT2D eigenvalue weighted by Gasteiger charge is 2.18. The Hall–Kier alpha value is -0.0800. The zero-order valence-corrected chi connectivity index (χ0v) is 8.06. The van der Waals surface area contributed by atoms with E-state index in [2.05, 4.69) is 20.8 Å². The summed E-state index contributed by atoms with van der Waals surface area (Å²) in [4.78, 5) is 0. The first-order chi connectivity index (χ1) is 5.02. The molecule has 0 rings (SSSR count). The van der Waals surface area contributed by atoms with E-state index in [0.29, 0.717) is 5.92 Å². The van der Waals surface area contributed by atoms with Crippen molar-refractivity contribution in [1.82, 2.24) is 0 Å². The lowest BCUT2D eigenvalue weighted by atomic mass is 9.82. The molecule has 0 aliphatic heterocycles. The highest BCUT2D eigenvalue weighted by molar-refractivity contribution is 4.72. The van der Waals surface area contributed by atoms with Gasteiger partial charge in [-0.2, -0.15) is 0 Å². The van der Waals surface area contributed by atoms with Gasteiger partial charge in [-0.1, -0.05) is 20.8 Å². The standard InChI is InChI=1S/C9H22N2/c1-8(4-5-10)6-9(2,3)7-11/h8H,4-7,10-11H2,1-3H3/t8-/m1/s1. The monoisotopic (exact) mass is 158 g/mol. The molecule has 0 aromatic carbocycles. The topological polar surface area (TPSA) is 52.0 Å². The molecule has 0 unspecified atom stereocenters. The summed E-state index contributed by atoms with van der Waals surface area (Å²) >= 11 is 0. The van der Waals surface area contributed by atoms with Crippen molar-refractivity contribution in [2.24, 2.45) is 22.8 Å². The molecule has 11 heavy (non-hydrogen) atoms. The van der Waals surface area contributed by atoms with Crippen LogP contribution in [0.4, 0.5) is 0 Å². The Kier molecular flexibility index (Phi) is 4.69. The summed E-state index contributed by atoms with van der Waals surface area (Å²) in [6.07, 6.45) is 2.30. The first-order valence-corrected chi connectivity index (χ1v) is 4.42. The summed E-state index contributed by atoms with van der Waals surface area (Å²) in [7, 11) is 0. The molecule has 0 aliphatic rings. The van der Waals surface area contributed by atoms with E-state index in [0.717, 1.165) is 19.5 Å². The molecule has 0 radical (unpaired) electrons. The highest BCUT2D eigenvalue weighted by Crippen LogP contribution is 2.24. The molecule has 0 saturated heterocycles. The van der Waals surface area contributed by atoms with Crippen LogP contribution in [0, 0.1) is 11.3 Å². The summed E-state index contributed by atoms with van der Waals surface area (Å²) in [6, 6.07) is 0. The van der Waals surface area contributed by atoms with Gasteiger partial charge in [0.2, 0.25) is 0 Å². The smallest absolute Gasteiger partial charge is 0.00257 e. The quantitative estimate of drug-likeness (QED) is 0.634. The van der Waals surface area contributed by atoms with E-state index in [1.807, 2.05) is 0 Å². The Morgan fingerprint density at radius 3 is 2.18 bits per heavy atom. The van der Waals surface area contributed by atoms with Crippen LogP contribution in [0.2, 0.25) is 0 Å². The minimum atomic E-state index is 0.286. The van der Waals surface area contributed by atoms with Crippen molar-refractivity contribution in [2.75, 3.05) is 13.1 Å². The summed E-state index contributed by atoms with van der Waals surface area (Å²) in [6.45, 7) is 8.22. The molecule has 1 atom stereocenters. The first-order valence-electron chi connectivity index (χ1n) is 4.42. The molecule has 0 heterocycles. The molecular weight excluding hydrogens is 136 g/mol. The Bertz CT molecular complexity index is 99.7.